The monoisotopic (exact) mass is 296 g/mol. The zero-order valence-corrected chi connectivity index (χ0v) is 13.4. The predicted octanol–water partition coefficient (Wildman–Crippen LogP) is 1.43. The summed E-state index contributed by atoms with van der Waals surface area (Å²) in [5.74, 6) is 0. The molecule has 5 heteroatoms. The Hall–Kier alpha value is -0.980. The third-order valence-electron chi connectivity index (χ3n) is 3.50. The molecule has 0 amide bonds. The van der Waals surface area contributed by atoms with Crippen molar-refractivity contribution in [1.29, 1.82) is 0 Å². The number of nitrogens with two attached hydrogens (primary N) is 1. The van der Waals surface area contributed by atoms with E-state index in [-0.39, 0.29) is 6.04 Å². The molecule has 21 heavy (non-hydrogen) atoms. The third-order valence-corrected chi connectivity index (χ3v) is 3.50. The van der Waals surface area contributed by atoms with Gasteiger partial charge in [0.05, 0.1) is 19.8 Å². The molecule has 1 unspecified atom stereocenters. The van der Waals surface area contributed by atoms with Crippen molar-refractivity contribution in [3.63, 3.8) is 0 Å². The first-order chi connectivity index (χ1) is 10.3. The minimum absolute atomic E-state index is 0.173. The second kappa shape index (κ2) is 10.7. The molecule has 1 rings (SSSR count). The van der Waals surface area contributed by atoms with E-state index in [1.807, 2.05) is 0 Å². The van der Waals surface area contributed by atoms with E-state index >= 15 is 0 Å². The molecule has 0 aromatic heterocycles. The highest BCUT2D eigenvalue weighted by Crippen LogP contribution is 2.20. The zero-order valence-electron chi connectivity index (χ0n) is 13.4. The summed E-state index contributed by atoms with van der Waals surface area (Å²) in [6.45, 7) is 4.23. The van der Waals surface area contributed by atoms with Crippen LogP contribution in [0.4, 0.5) is 0 Å². The molecular weight excluding hydrogens is 268 g/mol. The third kappa shape index (κ3) is 6.11. The fourth-order valence-corrected chi connectivity index (χ4v) is 2.34. The van der Waals surface area contributed by atoms with Gasteiger partial charge in [-0.1, -0.05) is 24.3 Å². The summed E-state index contributed by atoms with van der Waals surface area (Å²) in [7, 11) is 5.13. The summed E-state index contributed by atoms with van der Waals surface area (Å²) in [6.07, 6.45) is 0. The predicted molar refractivity (Wildman–Crippen MR) is 84.3 cm³/mol. The minimum Gasteiger partial charge on any atom is -0.383 e. The van der Waals surface area contributed by atoms with E-state index in [0.29, 0.717) is 26.4 Å². The van der Waals surface area contributed by atoms with Gasteiger partial charge in [0.1, 0.15) is 0 Å². The Morgan fingerprint density at radius 3 is 1.95 bits per heavy atom. The van der Waals surface area contributed by atoms with Crippen LogP contribution in [-0.2, 0) is 20.8 Å². The van der Waals surface area contributed by atoms with Gasteiger partial charge in [-0.2, -0.15) is 0 Å². The molecule has 0 aliphatic heterocycles. The molecule has 2 N–H and O–H groups in total. The summed E-state index contributed by atoms with van der Waals surface area (Å²) in [5, 5.41) is 0. The van der Waals surface area contributed by atoms with Gasteiger partial charge < -0.3 is 19.9 Å². The van der Waals surface area contributed by atoms with Crippen molar-refractivity contribution in [2.75, 3.05) is 54.2 Å². The maximum absolute atomic E-state index is 6.00. The molecule has 120 valence electrons. The van der Waals surface area contributed by atoms with Crippen molar-refractivity contribution in [1.82, 2.24) is 4.90 Å². The molecule has 0 aliphatic carbocycles. The molecule has 1 aromatic carbocycles. The second-order valence-electron chi connectivity index (χ2n) is 4.95. The number of hydrogen-bond donors (Lipinski definition) is 1. The highest BCUT2D eigenvalue weighted by molar-refractivity contribution is 5.25. The van der Waals surface area contributed by atoms with Crippen LogP contribution in [0.25, 0.3) is 0 Å². The molecule has 0 heterocycles. The average molecular weight is 296 g/mol. The standard InChI is InChI=1S/C16H28N2O3/c1-19-10-8-18(9-11-20-2)16(12-17)15-6-4-14(5-7-15)13-21-3/h4-7,16H,8-13,17H2,1-3H3. The number of benzene rings is 1. The SMILES string of the molecule is COCCN(CCOC)C(CN)c1ccc(COC)cc1. The largest absolute Gasteiger partial charge is 0.383 e. The highest BCUT2D eigenvalue weighted by Gasteiger charge is 2.18. The molecule has 0 bridgehead atoms. The van der Waals surface area contributed by atoms with Gasteiger partial charge in [0.25, 0.3) is 0 Å². The second-order valence-corrected chi connectivity index (χ2v) is 4.95. The van der Waals surface area contributed by atoms with E-state index in [9.17, 15) is 0 Å². The Labute approximate surface area is 128 Å². The van der Waals surface area contributed by atoms with Gasteiger partial charge in [-0.3, -0.25) is 4.90 Å². The zero-order chi connectivity index (χ0) is 15.5. The van der Waals surface area contributed by atoms with Gasteiger partial charge in [0, 0.05) is 47.0 Å². The van der Waals surface area contributed by atoms with Gasteiger partial charge >= 0.3 is 0 Å². The normalized spacial score (nSPS) is 12.8. The molecule has 0 saturated heterocycles. The van der Waals surface area contributed by atoms with Crippen LogP contribution in [0.3, 0.4) is 0 Å². The van der Waals surface area contributed by atoms with Crippen LogP contribution in [0.5, 0.6) is 0 Å². The van der Waals surface area contributed by atoms with Gasteiger partial charge in [-0.25, -0.2) is 0 Å². The maximum Gasteiger partial charge on any atom is 0.0713 e. The molecule has 1 atom stereocenters. The molecule has 0 saturated carbocycles. The Morgan fingerprint density at radius 2 is 1.52 bits per heavy atom. The van der Waals surface area contributed by atoms with Crippen molar-refractivity contribution in [3.8, 4) is 0 Å². The van der Waals surface area contributed by atoms with E-state index in [0.717, 1.165) is 18.7 Å². The summed E-state index contributed by atoms with van der Waals surface area (Å²) in [6, 6.07) is 8.60. The Bertz CT molecular complexity index is 362. The number of ether oxygens (including phenoxy) is 3. The van der Waals surface area contributed by atoms with E-state index < -0.39 is 0 Å². The van der Waals surface area contributed by atoms with E-state index in [2.05, 4.69) is 29.2 Å². The van der Waals surface area contributed by atoms with Crippen LogP contribution in [-0.4, -0.2) is 59.1 Å². The fourth-order valence-electron chi connectivity index (χ4n) is 2.34. The molecule has 0 aliphatic rings. The first kappa shape index (κ1) is 18.1. The van der Waals surface area contributed by atoms with Crippen LogP contribution in [0, 0.1) is 0 Å². The lowest BCUT2D eigenvalue weighted by Crippen LogP contribution is -2.38. The van der Waals surface area contributed by atoms with Crippen LogP contribution >= 0.6 is 0 Å². The topological polar surface area (TPSA) is 57.0 Å². The smallest absolute Gasteiger partial charge is 0.0713 e. The van der Waals surface area contributed by atoms with E-state index in [4.69, 9.17) is 19.9 Å². The van der Waals surface area contributed by atoms with Gasteiger partial charge in [-0.05, 0) is 11.1 Å². The molecule has 0 spiro atoms. The van der Waals surface area contributed by atoms with Gasteiger partial charge in [-0.15, -0.1) is 0 Å². The van der Waals surface area contributed by atoms with Gasteiger partial charge in [0.2, 0.25) is 0 Å². The molecule has 1 aromatic rings. The number of methoxy groups -OCH3 is 3. The fraction of sp³-hybridized carbons (Fsp3) is 0.625. The average Bonchev–Trinajstić information content (AvgIpc) is 2.52. The van der Waals surface area contributed by atoms with Crippen molar-refractivity contribution in [2.45, 2.75) is 12.6 Å². The Morgan fingerprint density at radius 1 is 0.952 bits per heavy atom. The van der Waals surface area contributed by atoms with Crippen LogP contribution < -0.4 is 5.73 Å². The van der Waals surface area contributed by atoms with E-state index in [1.165, 1.54) is 5.56 Å². The highest BCUT2D eigenvalue weighted by atomic mass is 16.5. The Balaban J connectivity index is 2.79. The lowest BCUT2D eigenvalue weighted by atomic mass is 10.0. The summed E-state index contributed by atoms with van der Waals surface area (Å²) >= 11 is 0. The first-order valence-corrected chi connectivity index (χ1v) is 7.26. The molecule has 5 nitrogen and oxygen atoms in total. The number of hydrogen-bond acceptors (Lipinski definition) is 5. The molecule has 0 radical (unpaired) electrons. The van der Waals surface area contributed by atoms with Crippen molar-refractivity contribution in [2.24, 2.45) is 5.73 Å². The number of rotatable bonds is 11. The quantitative estimate of drug-likeness (QED) is 0.669. The maximum atomic E-state index is 6.00. The lowest BCUT2D eigenvalue weighted by molar-refractivity contribution is 0.0891. The van der Waals surface area contributed by atoms with Crippen molar-refractivity contribution in [3.05, 3.63) is 35.4 Å². The lowest BCUT2D eigenvalue weighted by Gasteiger charge is -2.31. The summed E-state index contributed by atoms with van der Waals surface area (Å²) in [4.78, 5) is 2.30. The van der Waals surface area contributed by atoms with Crippen molar-refractivity contribution >= 4 is 0 Å². The first-order valence-electron chi connectivity index (χ1n) is 7.26. The molecular formula is C16H28N2O3. The summed E-state index contributed by atoms with van der Waals surface area (Å²) < 4.78 is 15.5. The molecule has 0 fully saturated rings. The minimum atomic E-state index is 0.173. The van der Waals surface area contributed by atoms with Crippen LogP contribution in [0.1, 0.15) is 17.2 Å². The van der Waals surface area contributed by atoms with Crippen molar-refractivity contribution < 1.29 is 14.2 Å². The number of nitrogens with zero attached hydrogens (tertiary/aromatic N) is 1. The van der Waals surface area contributed by atoms with Crippen LogP contribution in [0.2, 0.25) is 0 Å². The van der Waals surface area contributed by atoms with Crippen LogP contribution in [0.15, 0.2) is 24.3 Å². The summed E-state index contributed by atoms with van der Waals surface area (Å²) in [5.41, 5.74) is 8.37. The van der Waals surface area contributed by atoms with E-state index in [1.54, 1.807) is 21.3 Å². The Kier molecular flexibility index (Phi) is 9.21. The van der Waals surface area contributed by atoms with Gasteiger partial charge in [0.15, 0.2) is 0 Å².